The van der Waals surface area contributed by atoms with Crippen molar-refractivity contribution in [2.75, 3.05) is 12.4 Å². The quantitative estimate of drug-likeness (QED) is 0.921. The molecule has 0 bridgehead atoms. The average molecular weight is 260 g/mol. The molecule has 2 aromatic rings. The maximum absolute atomic E-state index is 12.2. The molecule has 0 aliphatic heterocycles. The summed E-state index contributed by atoms with van der Waals surface area (Å²) in [6.45, 7) is 5.40. The number of ether oxygens (including phenoxy) is 1. The number of aromatic nitrogens is 1. The first-order valence-corrected chi connectivity index (χ1v) is 5.91. The summed E-state index contributed by atoms with van der Waals surface area (Å²) in [5.41, 5.74) is 2.70. The largest absolute Gasteiger partial charge is 0.495 e. The van der Waals surface area contributed by atoms with Crippen molar-refractivity contribution in [2.45, 2.75) is 20.8 Å². The number of benzene rings is 1. The van der Waals surface area contributed by atoms with Crippen LogP contribution in [0.5, 0.6) is 5.75 Å². The molecule has 100 valence electrons. The van der Waals surface area contributed by atoms with Crippen LogP contribution < -0.4 is 10.1 Å². The fraction of sp³-hybridized carbons (Fsp3) is 0.286. The van der Waals surface area contributed by atoms with Crippen molar-refractivity contribution in [1.29, 1.82) is 0 Å². The molecule has 0 spiro atoms. The number of amides is 1. The molecule has 0 saturated heterocycles. The van der Waals surface area contributed by atoms with Crippen LogP contribution in [0.2, 0.25) is 0 Å². The first kappa shape index (κ1) is 13.1. The highest BCUT2D eigenvalue weighted by Gasteiger charge is 2.18. The van der Waals surface area contributed by atoms with E-state index in [2.05, 4.69) is 10.5 Å². The minimum Gasteiger partial charge on any atom is -0.495 e. The normalized spacial score (nSPS) is 10.3. The van der Waals surface area contributed by atoms with Crippen LogP contribution in [0.1, 0.15) is 27.4 Å². The highest BCUT2D eigenvalue weighted by atomic mass is 16.5. The summed E-state index contributed by atoms with van der Waals surface area (Å²) < 4.78 is 10.2. The van der Waals surface area contributed by atoms with Gasteiger partial charge in [0, 0.05) is 0 Å². The van der Waals surface area contributed by atoms with Crippen molar-refractivity contribution >= 4 is 11.6 Å². The topological polar surface area (TPSA) is 64.4 Å². The second-order valence-corrected chi connectivity index (χ2v) is 4.36. The van der Waals surface area contributed by atoms with Crippen LogP contribution in [-0.4, -0.2) is 18.2 Å². The Morgan fingerprint density at radius 1 is 1.32 bits per heavy atom. The van der Waals surface area contributed by atoms with Gasteiger partial charge in [0.1, 0.15) is 17.1 Å². The summed E-state index contributed by atoms with van der Waals surface area (Å²) in [7, 11) is 1.57. The maximum atomic E-state index is 12.2. The number of nitrogens with one attached hydrogen (secondary N) is 1. The highest BCUT2D eigenvalue weighted by molar-refractivity contribution is 6.06. The molecule has 0 radical (unpaired) electrons. The van der Waals surface area contributed by atoms with Crippen LogP contribution in [-0.2, 0) is 0 Å². The van der Waals surface area contributed by atoms with Crippen LogP contribution in [0.15, 0.2) is 22.7 Å². The first-order valence-electron chi connectivity index (χ1n) is 5.91. The predicted octanol–water partition coefficient (Wildman–Crippen LogP) is 2.86. The van der Waals surface area contributed by atoms with Gasteiger partial charge in [0.25, 0.3) is 5.91 Å². The maximum Gasteiger partial charge on any atom is 0.261 e. The van der Waals surface area contributed by atoms with E-state index in [0.717, 1.165) is 5.56 Å². The number of aryl methyl sites for hydroxylation is 3. The lowest BCUT2D eigenvalue weighted by Crippen LogP contribution is -2.14. The molecule has 0 atom stereocenters. The monoisotopic (exact) mass is 260 g/mol. The van der Waals surface area contributed by atoms with Crippen LogP contribution in [0, 0.1) is 20.8 Å². The first-order chi connectivity index (χ1) is 9.02. The molecule has 1 aromatic carbocycles. The van der Waals surface area contributed by atoms with Gasteiger partial charge in [0.2, 0.25) is 0 Å². The van der Waals surface area contributed by atoms with Gasteiger partial charge in [-0.15, -0.1) is 0 Å². The predicted molar refractivity (Wildman–Crippen MR) is 71.7 cm³/mol. The van der Waals surface area contributed by atoms with Crippen LogP contribution >= 0.6 is 0 Å². The Hall–Kier alpha value is -2.30. The summed E-state index contributed by atoms with van der Waals surface area (Å²) in [6, 6.07) is 5.59. The summed E-state index contributed by atoms with van der Waals surface area (Å²) in [5, 5.41) is 6.59. The number of rotatable bonds is 3. The Balaban J connectivity index is 2.31. The summed E-state index contributed by atoms with van der Waals surface area (Å²) in [4.78, 5) is 12.2. The molecule has 1 amide bonds. The number of hydrogen-bond acceptors (Lipinski definition) is 4. The molecule has 19 heavy (non-hydrogen) atoms. The van der Waals surface area contributed by atoms with Crippen LogP contribution in [0.4, 0.5) is 5.69 Å². The van der Waals surface area contributed by atoms with E-state index in [-0.39, 0.29) is 5.91 Å². The molecule has 0 fully saturated rings. The van der Waals surface area contributed by atoms with E-state index in [1.165, 1.54) is 0 Å². The molecule has 5 heteroatoms. The second-order valence-electron chi connectivity index (χ2n) is 4.36. The lowest BCUT2D eigenvalue weighted by Gasteiger charge is -2.10. The minimum absolute atomic E-state index is 0.250. The van der Waals surface area contributed by atoms with Gasteiger partial charge >= 0.3 is 0 Å². The van der Waals surface area contributed by atoms with Crippen molar-refractivity contribution < 1.29 is 14.1 Å². The summed E-state index contributed by atoms with van der Waals surface area (Å²) >= 11 is 0. The number of methoxy groups -OCH3 is 1. The van der Waals surface area contributed by atoms with Gasteiger partial charge in [0.15, 0.2) is 0 Å². The minimum atomic E-state index is -0.250. The van der Waals surface area contributed by atoms with E-state index < -0.39 is 0 Å². The Kier molecular flexibility index (Phi) is 3.55. The van der Waals surface area contributed by atoms with Crippen molar-refractivity contribution in [3.05, 3.63) is 40.8 Å². The van der Waals surface area contributed by atoms with Crippen molar-refractivity contribution in [3.8, 4) is 5.75 Å². The van der Waals surface area contributed by atoms with Gasteiger partial charge < -0.3 is 14.6 Å². The molecular formula is C14H16N2O3. The lowest BCUT2D eigenvalue weighted by atomic mass is 10.1. The Bertz CT molecular complexity index is 598. The third-order valence-corrected chi connectivity index (χ3v) is 2.86. The average Bonchev–Trinajstić information content (AvgIpc) is 2.69. The fourth-order valence-corrected chi connectivity index (χ4v) is 1.91. The van der Waals surface area contributed by atoms with Gasteiger partial charge in [-0.1, -0.05) is 11.2 Å². The van der Waals surface area contributed by atoms with Gasteiger partial charge in [0.05, 0.1) is 18.5 Å². The Morgan fingerprint density at radius 2 is 2.05 bits per heavy atom. The van der Waals surface area contributed by atoms with Gasteiger partial charge in [-0.3, -0.25) is 4.79 Å². The van der Waals surface area contributed by atoms with Gasteiger partial charge in [-0.25, -0.2) is 0 Å². The molecule has 0 saturated carbocycles. The molecule has 0 aliphatic rings. The Labute approximate surface area is 111 Å². The summed E-state index contributed by atoms with van der Waals surface area (Å²) in [5.74, 6) is 0.868. The molecule has 1 aromatic heterocycles. The molecule has 5 nitrogen and oxygen atoms in total. The second kappa shape index (κ2) is 5.14. The third-order valence-electron chi connectivity index (χ3n) is 2.86. The molecule has 0 aliphatic carbocycles. The highest BCUT2D eigenvalue weighted by Crippen LogP contribution is 2.26. The molecular weight excluding hydrogens is 244 g/mol. The number of nitrogens with zero attached hydrogens (tertiary/aromatic N) is 1. The van der Waals surface area contributed by atoms with E-state index in [4.69, 9.17) is 9.26 Å². The Morgan fingerprint density at radius 3 is 2.63 bits per heavy atom. The standard InChI is InChI=1S/C14H16N2O3/c1-8-5-6-12(18-4)11(7-8)15-14(17)13-9(2)16-19-10(13)3/h5-7H,1-4H3,(H,15,17). The molecule has 0 unspecified atom stereocenters. The van der Waals surface area contributed by atoms with E-state index in [0.29, 0.717) is 28.5 Å². The van der Waals surface area contributed by atoms with Crippen molar-refractivity contribution in [2.24, 2.45) is 0 Å². The number of anilines is 1. The molecule has 1 N–H and O–H groups in total. The molecule has 2 rings (SSSR count). The van der Waals surface area contributed by atoms with Gasteiger partial charge in [-0.05, 0) is 38.5 Å². The SMILES string of the molecule is COc1ccc(C)cc1NC(=O)c1c(C)noc1C. The van der Waals surface area contributed by atoms with E-state index in [1.807, 2.05) is 25.1 Å². The smallest absolute Gasteiger partial charge is 0.261 e. The van der Waals surface area contributed by atoms with E-state index in [1.54, 1.807) is 21.0 Å². The zero-order valence-electron chi connectivity index (χ0n) is 11.4. The zero-order valence-corrected chi connectivity index (χ0v) is 11.4. The number of carbonyl (C=O) groups excluding carboxylic acids is 1. The number of carbonyl (C=O) groups is 1. The van der Waals surface area contributed by atoms with Crippen LogP contribution in [0.3, 0.4) is 0 Å². The third kappa shape index (κ3) is 2.59. The van der Waals surface area contributed by atoms with E-state index in [9.17, 15) is 4.79 Å². The summed E-state index contributed by atoms with van der Waals surface area (Å²) in [6.07, 6.45) is 0. The van der Waals surface area contributed by atoms with Crippen LogP contribution in [0.25, 0.3) is 0 Å². The number of hydrogen-bond donors (Lipinski definition) is 1. The van der Waals surface area contributed by atoms with Crippen molar-refractivity contribution in [3.63, 3.8) is 0 Å². The van der Waals surface area contributed by atoms with Gasteiger partial charge in [-0.2, -0.15) is 0 Å². The zero-order chi connectivity index (χ0) is 14.0. The van der Waals surface area contributed by atoms with Crippen molar-refractivity contribution in [1.82, 2.24) is 5.16 Å². The lowest BCUT2D eigenvalue weighted by molar-refractivity contribution is 0.102. The van der Waals surface area contributed by atoms with E-state index >= 15 is 0 Å². The molecule has 1 heterocycles. The fourth-order valence-electron chi connectivity index (χ4n) is 1.91.